The van der Waals surface area contributed by atoms with E-state index in [1.807, 2.05) is 6.07 Å². The molecule has 23 heavy (non-hydrogen) atoms. The van der Waals surface area contributed by atoms with E-state index >= 15 is 0 Å². The van der Waals surface area contributed by atoms with E-state index in [1.54, 1.807) is 12.1 Å². The third-order valence-corrected chi connectivity index (χ3v) is 5.58. The SMILES string of the molecule is CC1NCCc2c1c1cc(F)ccc1n2CCC1CCCNC1. The minimum atomic E-state index is -0.133. The van der Waals surface area contributed by atoms with Crippen LogP contribution in [0.4, 0.5) is 4.39 Å². The van der Waals surface area contributed by atoms with Crippen molar-refractivity contribution in [3.8, 4) is 0 Å². The largest absolute Gasteiger partial charge is 0.344 e. The normalized spacial score (nSPS) is 24.8. The van der Waals surface area contributed by atoms with Crippen molar-refractivity contribution >= 4 is 10.9 Å². The predicted molar refractivity (Wildman–Crippen MR) is 92.2 cm³/mol. The third kappa shape index (κ3) is 2.79. The molecular formula is C19H26FN3. The average molecular weight is 315 g/mol. The zero-order chi connectivity index (χ0) is 15.8. The Morgan fingerprint density at radius 2 is 2.22 bits per heavy atom. The Hall–Kier alpha value is -1.39. The van der Waals surface area contributed by atoms with Gasteiger partial charge in [-0.25, -0.2) is 4.39 Å². The molecule has 0 spiro atoms. The highest BCUT2D eigenvalue weighted by molar-refractivity contribution is 5.86. The predicted octanol–water partition coefficient (Wildman–Crippen LogP) is 3.38. The minimum Gasteiger partial charge on any atom is -0.344 e. The zero-order valence-electron chi connectivity index (χ0n) is 13.9. The van der Waals surface area contributed by atoms with Crippen LogP contribution in [0.5, 0.6) is 0 Å². The second-order valence-corrected chi connectivity index (χ2v) is 7.10. The summed E-state index contributed by atoms with van der Waals surface area (Å²) in [6, 6.07) is 5.59. The van der Waals surface area contributed by atoms with E-state index in [-0.39, 0.29) is 5.82 Å². The highest BCUT2D eigenvalue weighted by Crippen LogP contribution is 2.34. The van der Waals surface area contributed by atoms with Gasteiger partial charge in [-0.15, -0.1) is 0 Å². The Morgan fingerprint density at radius 1 is 1.30 bits per heavy atom. The fourth-order valence-corrected chi connectivity index (χ4v) is 4.41. The summed E-state index contributed by atoms with van der Waals surface area (Å²) in [7, 11) is 0. The number of rotatable bonds is 3. The molecular weight excluding hydrogens is 289 g/mol. The van der Waals surface area contributed by atoms with Crippen LogP contribution in [-0.4, -0.2) is 24.2 Å². The van der Waals surface area contributed by atoms with Gasteiger partial charge in [0.2, 0.25) is 0 Å². The summed E-state index contributed by atoms with van der Waals surface area (Å²) >= 11 is 0. The molecule has 2 atom stereocenters. The van der Waals surface area contributed by atoms with Gasteiger partial charge in [0.05, 0.1) is 0 Å². The van der Waals surface area contributed by atoms with Crippen LogP contribution in [0.2, 0.25) is 0 Å². The standard InChI is InChI=1S/C19H26FN3/c1-13-19-16-11-15(20)4-5-17(16)23(18(19)6-9-22-13)10-7-14-3-2-8-21-12-14/h4-5,11,13-14,21-22H,2-3,6-10,12H2,1H3. The lowest BCUT2D eigenvalue weighted by molar-refractivity contribution is 0.341. The fourth-order valence-electron chi connectivity index (χ4n) is 4.41. The van der Waals surface area contributed by atoms with E-state index in [0.29, 0.717) is 6.04 Å². The Morgan fingerprint density at radius 3 is 3.04 bits per heavy atom. The lowest BCUT2D eigenvalue weighted by atomic mass is 9.96. The first-order valence-corrected chi connectivity index (χ1v) is 8.98. The van der Waals surface area contributed by atoms with Gasteiger partial charge in [0.15, 0.2) is 0 Å². The molecule has 0 bridgehead atoms. The molecule has 2 aromatic rings. The molecule has 0 saturated carbocycles. The van der Waals surface area contributed by atoms with Crippen molar-refractivity contribution < 1.29 is 4.39 Å². The summed E-state index contributed by atoms with van der Waals surface area (Å²) in [5, 5.41) is 8.13. The molecule has 2 aliphatic rings. The number of nitrogens with one attached hydrogen (secondary N) is 2. The molecule has 0 amide bonds. The van der Waals surface area contributed by atoms with E-state index in [0.717, 1.165) is 37.4 Å². The van der Waals surface area contributed by atoms with Crippen LogP contribution < -0.4 is 10.6 Å². The number of benzene rings is 1. The highest BCUT2D eigenvalue weighted by atomic mass is 19.1. The molecule has 4 rings (SSSR count). The Bertz CT molecular complexity index is 700. The van der Waals surface area contributed by atoms with Crippen molar-refractivity contribution in [2.24, 2.45) is 5.92 Å². The van der Waals surface area contributed by atoms with Crippen LogP contribution in [0.25, 0.3) is 10.9 Å². The quantitative estimate of drug-likeness (QED) is 0.909. The highest BCUT2D eigenvalue weighted by Gasteiger charge is 2.25. The maximum atomic E-state index is 13.8. The first kappa shape index (κ1) is 15.2. The summed E-state index contributed by atoms with van der Waals surface area (Å²) in [5.41, 5.74) is 3.93. The molecule has 3 nitrogen and oxygen atoms in total. The van der Waals surface area contributed by atoms with Gasteiger partial charge in [0.25, 0.3) is 0 Å². The first-order chi connectivity index (χ1) is 11.2. The van der Waals surface area contributed by atoms with Crippen LogP contribution in [0.1, 0.15) is 43.5 Å². The van der Waals surface area contributed by atoms with Gasteiger partial charge in [-0.1, -0.05) is 0 Å². The summed E-state index contributed by atoms with van der Waals surface area (Å²) in [6.07, 6.45) is 4.88. The number of fused-ring (bicyclic) bond motifs is 3. The molecule has 2 unspecified atom stereocenters. The summed E-state index contributed by atoms with van der Waals surface area (Å²) < 4.78 is 16.2. The molecule has 0 aliphatic carbocycles. The molecule has 1 aromatic carbocycles. The van der Waals surface area contributed by atoms with Crippen molar-refractivity contribution in [2.45, 2.75) is 45.2 Å². The third-order valence-electron chi connectivity index (χ3n) is 5.58. The summed E-state index contributed by atoms with van der Waals surface area (Å²) in [6.45, 7) is 6.57. The molecule has 2 N–H and O–H groups in total. The van der Waals surface area contributed by atoms with Gasteiger partial charge in [-0.3, -0.25) is 0 Å². The van der Waals surface area contributed by atoms with Crippen LogP contribution >= 0.6 is 0 Å². The van der Waals surface area contributed by atoms with Gasteiger partial charge in [-0.05, 0) is 69.0 Å². The van der Waals surface area contributed by atoms with Gasteiger partial charge >= 0.3 is 0 Å². The number of hydrogen-bond acceptors (Lipinski definition) is 2. The van der Waals surface area contributed by atoms with Crippen molar-refractivity contribution in [1.82, 2.24) is 15.2 Å². The van der Waals surface area contributed by atoms with Crippen molar-refractivity contribution in [3.05, 3.63) is 35.3 Å². The zero-order valence-corrected chi connectivity index (χ0v) is 13.9. The van der Waals surface area contributed by atoms with Crippen LogP contribution in [0, 0.1) is 11.7 Å². The van der Waals surface area contributed by atoms with E-state index in [1.165, 1.54) is 42.6 Å². The molecule has 0 radical (unpaired) electrons. The molecule has 1 aromatic heterocycles. The minimum absolute atomic E-state index is 0.133. The second-order valence-electron chi connectivity index (χ2n) is 7.10. The molecule has 124 valence electrons. The Kier molecular flexibility index (Phi) is 4.12. The molecule has 3 heterocycles. The fraction of sp³-hybridized carbons (Fsp3) is 0.579. The number of aryl methyl sites for hydroxylation is 1. The van der Waals surface area contributed by atoms with Gasteiger partial charge in [0, 0.05) is 42.1 Å². The topological polar surface area (TPSA) is 29.0 Å². The monoisotopic (exact) mass is 315 g/mol. The number of hydrogen-bond donors (Lipinski definition) is 2. The van der Waals surface area contributed by atoms with Gasteiger partial charge in [-0.2, -0.15) is 0 Å². The van der Waals surface area contributed by atoms with Crippen LogP contribution in [-0.2, 0) is 13.0 Å². The first-order valence-electron chi connectivity index (χ1n) is 8.98. The van der Waals surface area contributed by atoms with E-state index in [9.17, 15) is 4.39 Å². The van der Waals surface area contributed by atoms with Crippen molar-refractivity contribution in [1.29, 1.82) is 0 Å². The average Bonchev–Trinajstić information content (AvgIpc) is 2.88. The van der Waals surface area contributed by atoms with Crippen LogP contribution in [0.15, 0.2) is 18.2 Å². The molecule has 1 saturated heterocycles. The Labute approximate surface area is 137 Å². The molecule has 2 aliphatic heterocycles. The summed E-state index contributed by atoms with van der Waals surface area (Å²) in [4.78, 5) is 0. The van der Waals surface area contributed by atoms with Gasteiger partial charge in [0.1, 0.15) is 5.82 Å². The molecule has 1 fully saturated rings. The van der Waals surface area contributed by atoms with Gasteiger partial charge < -0.3 is 15.2 Å². The van der Waals surface area contributed by atoms with E-state index < -0.39 is 0 Å². The number of piperidine rings is 1. The van der Waals surface area contributed by atoms with Crippen molar-refractivity contribution in [2.75, 3.05) is 19.6 Å². The number of nitrogens with zero attached hydrogens (tertiary/aromatic N) is 1. The van der Waals surface area contributed by atoms with E-state index in [4.69, 9.17) is 0 Å². The molecule has 4 heteroatoms. The Balaban J connectivity index is 1.70. The smallest absolute Gasteiger partial charge is 0.123 e. The maximum Gasteiger partial charge on any atom is 0.123 e. The van der Waals surface area contributed by atoms with Crippen molar-refractivity contribution in [3.63, 3.8) is 0 Å². The second kappa shape index (κ2) is 6.25. The maximum absolute atomic E-state index is 13.8. The number of halogens is 1. The van der Waals surface area contributed by atoms with Crippen LogP contribution in [0.3, 0.4) is 0 Å². The van der Waals surface area contributed by atoms with E-state index in [2.05, 4.69) is 22.1 Å². The lowest BCUT2D eigenvalue weighted by Crippen LogP contribution is -2.31. The number of aromatic nitrogens is 1. The summed E-state index contributed by atoms with van der Waals surface area (Å²) in [5.74, 6) is 0.642. The lowest BCUT2D eigenvalue weighted by Gasteiger charge is -2.25.